The smallest absolute Gasteiger partial charge is 0.151 e. The molecule has 1 aliphatic heterocycles. The van der Waals surface area contributed by atoms with Crippen molar-refractivity contribution in [1.82, 2.24) is 14.5 Å². The molecule has 0 aliphatic carbocycles. The van der Waals surface area contributed by atoms with Gasteiger partial charge in [-0.3, -0.25) is 4.90 Å². The molecule has 0 saturated carbocycles. The normalized spacial score (nSPS) is 16.0. The Bertz CT molecular complexity index is 1070. The lowest BCUT2D eigenvalue weighted by Gasteiger charge is -2.31. The van der Waals surface area contributed by atoms with Crippen molar-refractivity contribution in [3.05, 3.63) is 89.5 Å². The molecule has 1 aliphatic rings. The lowest BCUT2D eigenvalue weighted by molar-refractivity contribution is 0.202. The molecule has 1 fully saturated rings. The highest BCUT2D eigenvalue weighted by molar-refractivity contribution is 7.89. The maximum atomic E-state index is 11.6. The fourth-order valence-electron chi connectivity index (χ4n) is 4.26. The lowest BCUT2D eigenvalue weighted by atomic mass is 9.88. The summed E-state index contributed by atoms with van der Waals surface area (Å²) in [5.74, 6) is 0.613. The number of hydrogen-bond acceptors (Lipinski definition) is 4. The lowest BCUT2D eigenvalue weighted by Crippen LogP contribution is -2.32. The van der Waals surface area contributed by atoms with E-state index >= 15 is 0 Å². The van der Waals surface area contributed by atoms with E-state index in [1.807, 2.05) is 24.5 Å². The number of piperidine rings is 1. The van der Waals surface area contributed by atoms with Crippen LogP contribution in [0.4, 0.5) is 0 Å². The number of benzene rings is 2. The topological polar surface area (TPSA) is 55.2 Å². The molecule has 0 N–H and O–H groups in total. The highest BCUT2D eigenvalue weighted by atomic mass is 32.2. The minimum atomic E-state index is -3.00. The molecule has 3 aromatic rings. The first kappa shape index (κ1) is 20.8. The minimum Gasteiger partial charge on any atom is -0.333 e. The van der Waals surface area contributed by atoms with E-state index in [1.165, 1.54) is 17.4 Å². The van der Waals surface area contributed by atoms with Crippen molar-refractivity contribution >= 4 is 9.84 Å². The van der Waals surface area contributed by atoms with E-state index in [2.05, 4.69) is 57.0 Å². The van der Waals surface area contributed by atoms with Crippen molar-refractivity contribution in [2.75, 3.05) is 19.3 Å². The summed E-state index contributed by atoms with van der Waals surface area (Å²) in [7, 11) is -3.00. The number of sulfone groups is 1. The van der Waals surface area contributed by atoms with Gasteiger partial charge in [-0.1, -0.05) is 54.6 Å². The first-order chi connectivity index (χ1) is 14.4. The van der Waals surface area contributed by atoms with Crippen LogP contribution in [0.25, 0.3) is 0 Å². The Labute approximate surface area is 179 Å². The molecule has 0 amide bonds. The van der Waals surface area contributed by atoms with Gasteiger partial charge in [-0.2, -0.15) is 0 Å². The Kier molecular flexibility index (Phi) is 6.35. The second-order valence-electron chi connectivity index (χ2n) is 8.39. The van der Waals surface area contributed by atoms with E-state index in [0.29, 0.717) is 5.92 Å². The molecule has 5 nitrogen and oxygen atoms in total. The predicted molar refractivity (Wildman–Crippen MR) is 120 cm³/mol. The molecular formula is C24H29N3O2S. The Hall–Kier alpha value is -2.44. The quantitative estimate of drug-likeness (QED) is 0.579. The molecule has 158 valence electrons. The summed E-state index contributed by atoms with van der Waals surface area (Å²) >= 11 is 0. The number of aromatic nitrogens is 2. The molecule has 0 radical (unpaired) electrons. The van der Waals surface area contributed by atoms with E-state index in [1.54, 1.807) is 0 Å². The molecule has 6 heteroatoms. The van der Waals surface area contributed by atoms with Crippen LogP contribution < -0.4 is 0 Å². The first-order valence-electron chi connectivity index (χ1n) is 10.5. The highest BCUT2D eigenvalue weighted by Gasteiger charge is 2.21. The van der Waals surface area contributed by atoms with E-state index < -0.39 is 9.84 Å². The summed E-state index contributed by atoms with van der Waals surface area (Å²) in [5, 5.41) is 0. The maximum Gasteiger partial charge on any atom is 0.151 e. The fraction of sp³-hybridized carbons (Fsp3) is 0.375. The van der Waals surface area contributed by atoms with E-state index in [0.717, 1.165) is 50.3 Å². The van der Waals surface area contributed by atoms with Crippen LogP contribution in [-0.4, -0.2) is 42.2 Å². The molecule has 4 rings (SSSR count). The second-order valence-corrected chi connectivity index (χ2v) is 10.5. The molecule has 0 atom stereocenters. The van der Waals surface area contributed by atoms with Gasteiger partial charge < -0.3 is 4.57 Å². The van der Waals surface area contributed by atoms with Gasteiger partial charge in [-0.05, 0) is 48.5 Å². The van der Waals surface area contributed by atoms with Crippen LogP contribution in [0.15, 0.2) is 67.1 Å². The van der Waals surface area contributed by atoms with Crippen LogP contribution in [-0.2, 0) is 28.7 Å². The zero-order valence-corrected chi connectivity index (χ0v) is 18.3. The zero-order chi connectivity index (χ0) is 21.0. The van der Waals surface area contributed by atoms with Gasteiger partial charge in [0.05, 0.1) is 17.8 Å². The molecular weight excluding hydrogens is 394 g/mol. The summed E-state index contributed by atoms with van der Waals surface area (Å²) in [6.45, 7) is 3.79. The van der Waals surface area contributed by atoms with Crippen molar-refractivity contribution < 1.29 is 8.42 Å². The van der Waals surface area contributed by atoms with Crippen LogP contribution in [0, 0.1) is 0 Å². The van der Waals surface area contributed by atoms with Crippen LogP contribution >= 0.6 is 0 Å². The Morgan fingerprint density at radius 2 is 1.70 bits per heavy atom. The standard InChI is InChI=1S/C24H29N3O2S/c1-30(28,29)18-21-8-5-9-23(14-21)22-10-12-26(13-11-22)16-24-17-27(19-25-24)15-20-6-3-2-4-7-20/h2-9,14,17,19,22H,10-13,15-16,18H2,1H3. The molecule has 0 unspecified atom stereocenters. The Morgan fingerprint density at radius 3 is 2.43 bits per heavy atom. The highest BCUT2D eigenvalue weighted by Crippen LogP contribution is 2.29. The van der Waals surface area contributed by atoms with Gasteiger partial charge in [-0.15, -0.1) is 0 Å². The van der Waals surface area contributed by atoms with E-state index in [-0.39, 0.29) is 5.75 Å². The number of nitrogens with zero attached hydrogens (tertiary/aromatic N) is 3. The zero-order valence-electron chi connectivity index (χ0n) is 17.4. The Balaban J connectivity index is 1.31. The molecule has 0 bridgehead atoms. The van der Waals surface area contributed by atoms with Crippen molar-refractivity contribution in [2.45, 2.75) is 37.6 Å². The fourth-order valence-corrected chi connectivity index (χ4v) is 5.05. The summed E-state index contributed by atoms with van der Waals surface area (Å²) < 4.78 is 25.3. The third-order valence-electron chi connectivity index (χ3n) is 5.72. The monoisotopic (exact) mass is 423 g/mol. The second kappa shape index (κ2) is 9.14. The number of rotatable bonds is 7. The van der Waals surface area contributed by atoms with Crippen molar-refractivity contribution in [1.29, 1.82) is 0 Å². The SMILES string of the molecule is CS(=O)(=O)Cc1cccc(C2CCN(Cc3cn(Cc4ccccc4)cn3)CC2)c1. The van der Waals surface area contributed by atoms with Crippen LogP contribution in [0.1, 0.15) is 41.1 Å². The van der Waals surface area contributed by atoms with E-state index in [9.17, 15) is 8.42 Å². The maximum absolute atomic E-state index is 11.6. The molecule has 1 aromatic heterocycles. The molecule has 2 aromatic carbocycles. The summed E-state index contributed by atoms with van der Waals surface area (Å²) in [5.41, 5.74) is 4.55. The average Bonchev–Trinajstić information content (AvgIpc) is 3.15. The van der Waals surface area contributed by atoms with Gasteiger partial charge in [0.2, 0.25) is 0 Å². The number of likely N-dealkylation sites (tertiary alicyclic amines) is 1. The van der Waals surface area contributed by atoms with Gasteiger partial charge in [0, 0.05) is 25.5 Å². The first-order valence-corrected chi connectivity index (χ1v) is 12.5. The summed E-state index contributed by atoms with van der Waals surface area (Å²) in [6, 6.07) is 18.5. The van der Waals surface area contributed by atoms with Crippen LogP contribution in [0.3, 0.4) is 0 Å². The molecule has 2 heterocycles. The third-order valence-corrected chi connectivity index (χ3v) is 6.58. The van der Waals surface area contributed by atoms with Gasteiger partial charge >= 0.3 is 0 Å². The van der Waals surface area contributed by atoms with Crippen LogP contribution in [0.2, 0.25) is 0 Å². The molecule has 30 heavy (non-hydrogen) atoms. The van der Waals surface area contributed by atoms with Gasteiger partial charge in [-0.25, -0.2) is 13.4 Å². The molecule has 0 spiro atoms. The van der Waals surface area contributed by atoms with Crippen LogP contribution in [0.5, 0.6) is 0 Å². The molecule has 1 saturated heterocycles. The summed E-state index contributed by atoms with van der Waals surface area (Å²) in [6.07, 6.45) is 7.54. The van der Waals surface area contributed by atoms with Crippen molar-refractivity contribution in [3.63, 3.8) is 0 Å². The van der Waals surface area contributed by atoms with E-state index in [4.69, 9.17) is 0 Å². The van der Waals surface area contributed by atoms with Gasteiger partial charge in [0.1, 0.15) is 0 Å². The number of imidazole rings is 1. The van der Waals surface area contributed by atoms with Gasteiger partial charge in [0.15, 0.2) is 9.84 Å². The van der Waals surface area contributed by atoms with Gasteiger partial charge in [0.25, 0.3) is 0 Å². The minimum absolute atomic E-state index is 0.116. The largest absolute Gasteiger partial charge is 0.333 e. The third kappa shape index (κ3) is 5.80. The predicted octanol–water partition coefficient (Wildman–Crippen LogP) is 3.86. The average molecular weight is 424 g/mol. The summed E-state index contributed by atoms with van der Waals surface area (Å²) in [4.78, 5) is 7.06. The van der Waals surface area contributed by atoms with Crippen molar-refractivity contribution in [2.24, 2.45) is 0 Å². The number of hydrogen-bond donors (Lipinski definition) is 0. The van der Waals surface area contributed by atoms with Crippen molar-refractivity contribution in [3.8, 4) is 0 Å². The Morgan fingerprint density at radius 1 is 0.967 bits per heavy atom.